The minimum Gasteiger partial charge on any atom is -0.497 e. The summed E-state index contributed by atoms with van der Waals surface area (Å²) >= 11 is 5.92. The van der Waals surface area contributed by atoms with Crippen molar-refractivity contribution in [2.24, 2.45) is 0 Å². The van der Waals surface area contributed by atoms with Gasteiger partial charge in [-0.25, -0.2) is 0 Å². The quantitative estimate of drug-likeness (QED) is 0.859. The SMILES string of the molecule is COc1cccc(C(O)CNCc2cccc(Cl)c2)c1. The molecule has 0 aliphatic rings. The maximum Gasteiger partial charge on any atom is 0.119 e. The highest BCUT2D eigenvalue weighted by Crippen LogP contribution is 2.18. The van der Waals surface area contributed by atoms with Gasteiger partial charge in [0.25, 0.3) is 0 Å². The van der Waals surface area contributed by atoms with Gasteiger partial charge < -0.3 is 15.2 Å². The Morgan fingerprint density at radius 3 is 2.75 bits per heavy atom. The van der Waals surface area contributed by atoms with E-state index in [1.54, 1.807) is 7.11 Å². The van der Waals surface area contributed by atoms with Crippen LogP contribution in [0.25, 0.3) is 0 Å². The van der Waals surface area contributed by atoms with Crippen molar-refractivity contribution < 1.29 is 9.84 Å². The molecule has 2 N–H and O–H groups in total. The summed E-state index contributed by atoms with van der Waals surface area (Å²) in [6.07, 6.45) is -0.565. The number of aliphatic hydroxyl groups excluding tert-OH is 1. The van der Waals surface area contributed by atoms with Crippen LogP contribution in [0.15, 0.2) is 48.5 Å². The molecule has 0 bridgehead atoms. The summed E-state index contributed by atoms with van der Waals surface area (Å²) in [6.45, 7) is 1.14. The van der Waals surface area contributed by atoms with Crippen LogP contribution in [-0.2, 0) is 6.54 Å². The van der Waals surface area contributed by atoms with Crippen molar-refractivity contribution >= 4 is 11.6 Å². The zero-order chi connectivity index (χ0) is 14.4. The maximum absolute atomic E-state index is 10.1. The third-order valence-electron chi connectivity index (χ3n) is 3.03. The van der Waals surface area contributed by atoms with Crippen LogP contribution in [0, 0.1) is 0 Å². The number of hydrogen-bond donors (Lipinski definition) is 2. The predicted octanol–water partition coefficient (Wildman–Crippen LogP) is 3.17. The van der Waals surface area contributed by atoms with E-state index in [1.807, 2.05) is 48.5 Å². The molecule has 0 amide bonds. The summed E-state index contributed by atoms with van der Waals surface area (Å²) in [5, 5.41) is 14.1. The van der Waals surface area contributed by atoms with E-state index in [9.17, 15) is 5.11 Å². The van der Waals surface area contributed by atoms with E-state index >= 15 is 0 Å². The van der Waals surface area contributed by atoms with E-state index in [1.165, 1.54) is 0 Å². The molecule has 1 atom stereocenters. The van der Waals surface area contributed by atoms with Crippen LogP contribution in [0.5, 0.6) is 5.75 Å². The molecule has 2 aromatic rings. The first kappa shape index (κ1) is 14.9. The predicted molar refractivity (Wildman–Crippen MR) is 81.1 cm³/mol. The third kappa shape index (κ3) is 4.23. The van der Waals surface area contributed by atoms with Gasteiger partial charge in [0.1, 0.15) is 5.75 Å². The minimum absolute atomic E-state index is 0.472. The molecular formula is C16H18ClNO2. The van der Waals surface area contributed by atoms with Gasteiger partial charge in [-0.15, -0.1) is 0 Å². The van der Waals surface area contributed by atoms with E-state index in [4.69, 9.17) is 16.3 Å². The van der Waals surface area contributed by atoms with Crippen molar-refractivity contribution in [3.05, 3.63) is 64.7 Å². The Morgan fingerprint density at radius 2 is 2.00 bits per heavy atom. The van der Waals surface area contributed by atoms with Crippen LogP contribution >= 0.6 is 11.6 Å². The molecule has 106 valence electrons. The minimum atomic E-state index is -0.565. The van der Waals surface area contributed by atoms with Crippen LogP contribution in [0.3, 0.4) is 0 Å². The van der Waals surface area contributed by atoms with Crippen molar-refractivity contribution in [1.29, 1.82) is 0 Å². The molecule has 0 spiro atoms. The highest BCUT2D eigenvalue weighted by molar-refractivity contribution is 6.30. The van der Waals surface area contributed by atoms with Crippen molar-refractivity contribution in [3.63, 3.8) is 0 Å². The van der Waals surface area contributed by atoms with Crippen LogP contribution in [0.2, 0.25) is 5.02 Å². The largest absolute Gasteiger partial charge is 0.497 e. The lowest BCUT2D eigenvalue weighted by molar-refractivity contribution is 0.174. The van der Waals surface area contributed by atoms with Crippen molar-refractivity contribution in [1.82, 2.24) is 5.32 Å². The molecular weight excluding hydrogens is 274 g/mol. The van der Waals surface area contributed by atoms with Crippen LogP contribution in [0.1, 0.15) is 17.2 Å². The normalized spacial score (nSPS) is 12.2. The second-order valence-corrected chi connectivity index (χ2v) is 4.99. The molecule has 0 heterocycles. The van der Waals surface area contributed by atoms with E-state index in [0.717, 1.165) is 21.9 Å². The first-order chi connectivity index (χ1) is 9.69. The number of ether oxygens (including phenoxy) is 1. The number of methoxy groups -OCH3 is 1. The molecule has 2 aromatic carbocycles. The summed E-state index contributed by atoms with van der Waals surface area (Å²) in [4.78, 5) is 0. The lowest BCUT2D eigenvalue weighted by Gasteiger charge is -2.13. The number of aliphatic hydroxyl groups is 1. The lowest BCUT2D eigenvalue weighted by atomic mass is 10.1. The summed E-state index contributed by atoms with van der Waals surface area (Å²) in [5.41, 5.74) is 1.93. The van der Waals surface area contributed by atoms with Crippen molar-refractivity contribution in [3.8, 4) is 5.75 Å². The molecule has 0 radical (unpaired) electrons. The molecule has 1 unspecified atom stereocenters. The number of rotatable bonds is 6. The first-order valence-corrected chi connectivity index (χ1v) is 6.84. The third-order valence-corrected chi connectivity index (χ3v) is 3.27. The topological polar surface area (TPSA) is 41.5 Å². The number of hydrogen-bond acceptors (Lipinski definition) is 3. The molecule has 0 aliphatic heterocycles. The van der Waals surface area contributed by atoms with Gasteiger partial charge in [-0.1, -0.05) is 35.9 Å². The standard InChI is InChI=1S/C16H18ClNO2/c1-20-15-7-3-5-13(9-15)16(19)11-18-10-12-4-2-6-14(17)8-12/h2-9,16,18-19H,10-11H2,1H3. The van der Waals surface area contributed by atoms with E-state index in [0.29, 0.717) is 13.1 Å². The maximum atomic E-state index is 10.1. The highest BCUT2D eigenvalue weighted by Gasteiger charge is 2.07. The van der Waals surface area contributed by atoms with E-state index in [2.05, 4.69) is 5.32 Å². The Morgan fingerprint density at radius 1 is 1.20 bits per heavy atom. The Kier molecular flexibility index (Phi) is 5.41. The zero-order valence-corrected chi connectivity index (χ0v) is 12.1. The fourth-order valence-corrected chi connectivity index (χ4v) is 2.18. The second kappa shape index (κ2) is 7.29. The summed E-state index contributed by atoms with van der Waals surface area (Å²) in [6, 6.07) is 15.1. The van der Waals surface area contributed by atoms with Crippen LogP contribution in [0.4, 0.5) is 0 Å². The molecule has 2 rings (SSSR count). The number of benzene rings is 2. The van der Waals surface area contributed by atoms with Crippen LogP contribution in [-0.4, -0.2) is 18.8 Å². The molecule has 3 nitrogen and oxygen atoms in total. The molecule has 0 aliphatic carbocycles. The van der Waals surface area contributed by atoms with Gasteiger partial charge in [0, 0.05) is 18.1 Å². The van der Waals surface area contributed by atoms with Gasteiger partial charge in [0.05, 0.1) is 13.2 Å². The lowest BCUT2D eigenvalue weighted by Crippen LogP contribution is -2.21. The molecule has 0 aromatic heterocycles. The van der Waals surface area contributed by atoms with Gasteiger partial charge in [0.2, 0.25) is 0 Å². The summed E-state index contributed by atoms with van der Waals surface area (Å²) < 4.78 is 5.15. The van der Waals surface area contributed by atoms with Crippen molar-refractivity contribution in [2.45, 2.75) is 12.6 Å². The smallest absolute Gasteiger partial charge is 0.119 e. The Balaban J connectivity index is 1.87. The van der Waals surface area contributed by atoms with Gasteiger partial charge in [-0.2, -0.15) is 0 Å². The molecule has 4 heteroatoms. The average Bonchev–Trinajstić information content (AvgIpc) is 2.47. The molecule has 0 saturated heterocycles. The second-order valence-electron chi connectivity index (χ2n) is 4.55. The Hall–Kier alpha value is -1.55. The summed E-state index contributed by atoms with van der Waals surface area (Å²) in [7, 11) is 1.61. The zero-order valence-electron chi connectivity index (χ0n) is 11.3. The Labute approximate surface area is 124 Å². The number of nitrogens with one attached hydrogen (secondary N) is 1. The van der Waals surface area contributed by atoms with E-state index < -0.39 is 6.10 Å². The molecule has 0 fully saturated rings. The molecule has 0 saturated carbocycles. The van der Waals surface area contributed by atoms with Gasteiger partial charge in [0.15, 0.2) is 0 Å². The fourth-order valence-electron chi connectivity index (χ4n) is 1.97. The monoisotopic (exact) mass is 291 g/mol. The molecule has 20 heavy (non-hydrogen) atoms. The average molecular weight is 292 g/mol. The number of halogens is 1. The van der Waals surface area contributed by atoms with E-state index in [-0.39, 0.29) is 0 Å². The summed E-state index contributed by atoms with van der Waals surface area (Å²) in [5.74, 6) is 0.747. The highest BCUT2D eigenvalue weighted by atomic mass is 35.5. The van der Waals surface area contributed by atoms with Gasteiger partial charge >= 0.3 is 0 Å². The van der Waals surface area contributed by atoms with Gasteiger partial charge in [-0.3, -0.25) is 0 Å². The van der Waals surface area contributed by atoms with Crippen LogP contribution < -0.4 is 10.1 Å². The van der Waals surface area contributed by atoms with Crippen molar-refractivity contribution in [2.75, 3.05) is 13.7 Å². The first-order valence-electron chi connectivity index (χ1n) is 6.46. The fraction of sp³-hybridized carbons (Fsp3) is 0.250. The van der Waals surface area contributed by atoms with Gasteiger partial charge in [-0.05, 0) is 35.4 Å². The Bertz CT molecular complexity index is 560.